The molecule has 4 aromatic carbocycles. The Labute approximate surface area is 240 Å². The van der Waals surface area contributed by atoms with Gasteiger partial charge in [-0.3, -0.25) is 9.59 Å². The Morgan fingerprint density at radius 3 is 2.65 bits per heavy atom. The quantitative estimate of drug-likeness (QED) is 0.195. The van der Waals surface area contributed by atoms with E-state index in [2.05, 4.69) is 33.3 Å². The molecule has 0 fully saturated rings. The van der Waals surface area contributed by atoms with Gasteiger partial charge in [0.2, 0.25) is 0 Å². The minimum absolute atomic E-state index is 0.00581. The first-order valence-electron chi connectivity index (χ1n) is 13.1. The highest BCUT2D eigenvalue weighted by Crippen LogP contribution is 2.27. The zero-order chi connectivity index (χ0) is 28.2. The number of halogens is 1. The van der Waals surface area contributed by atoms with Crippen molar-refractivity contribution in [2.75, 3.05) is 11.9 Å². The van der Waals surface area contributed by atoms with E-state index in [1.165, 1.54) is 4.68 Å². The first-order valence-corrected chi connectivity index (χ1v) is 13.9. The Balaban J connectivity index is 1.54. The minimum atomic E-state index is -0.273. The largest absolute Gasteiger partial charge is 0.483 e. The van der Waals surface area contributed by atoms with Gasteiger partial charge in [-0.15, -0.1) is 0 Å². The molecule has 0 spiro atoms. The Bertz CT molecular complexity index is 1810. The van der Waals surface area contributed by atoms with Gasteiger partial charge in [0.1, 0.15) is 11.6 Å². The molecule has 40 heavy (non-hydrogen) atoms. The highest BCUT2D eigenvalue weighted by atomic mass is 79.9. The van der Waals surface area contributed by atoms with E-state index in [1.807, 2.05) is 86.6 Å². The van der Waals surface area contributed by atoms with E-state index in [4.69, 9.17) is 9.72 Å². The van der Waals surface area contributed by atoms with Crippen LogP contribution in [0.2, 0.25) is 0 Å². The number of rotatable bonds is 8. The van der Waals surface area contributed by atoms with E-state index in [-0.39, 0.29) is 24.0 Å². The van der Waals surface area contributed by atoms with Gasteiger partial charge in [-0.05, 0) is 60.0 Å². The maximum atomic E-state index is 13.6. The van der Waals surface area contributed by atoms with E-state index < -0.39 is 0 Å². The van der Waals surface area contributed by atoms with Crippen molar-refractivity contribution >= 4 is 55.4 Å². The van der Waals surface area contributed by atoms with Crippen LogP contribution in [-0.4, -0.2) is 28.4 Å². The third-order valence-corrected chi connectivity index (χ3v) is 7.39. The lowest BCUT2D eigenvalue weighted by Gasteiger charge is -2.15. The van der Waals surface area contributed by atoms with Gasteiger partial charge in [0.05, 0.1) is 17.1 Å². The SMILES string of the molecule is CC[C@H](C)c1nc2ccc(Br)cc2c(=O)n1N=Cc1c(OCC(=O)Nc2ccccc2C)ccc2ccccc12. The predicted octanol–water partition coefficient (Wildman–Crippen LogP) is 7.03. The molecule has 1 atom stereocenters. The predicted molar refractivity (Wildman–Crippen MR) is 165 cm³/mol. The molecule has 5 rings (SSSR count). The number of hydrogen-bond donors (Lipinski definition) is 1. The van der Waals surface area contributed by atoms with Gasteiger partial charge in [-0.2, -0.15) is 9.78 Å². The molecule has 0 unspecified atom stereocenters. The van der Waals surface area contributed by atoms with Crippen molar-refractivity contribution in [3.63, 3.8) is 0 Å². The van der Waals surface area contributed by atoms with Crippen LogP contribution in [0.3, 0.4) is 0 Å². The molecule has 5 aromatic rings. The molecule has 1 aromatic heterocycles. The average Bonchev–Trinajstić information content (AvgIpc) is 2.96. The van der Waals surface area contributed by atoms with Crippen molar-refractivity contribution in [3.05, 3.63) is 111 Å². The summed E-state index contributed by atoms with van der Waals surface area (Å²) in [6.07, 6.45) is 2.41. The summed E-state index contributed by atoms with van der Waals surface area (Å²) in [5.74, 6) is 0.798. The first-order chi connectivity index (χ1) is 19.4. The van der Waals surface area contributed by atoms with Crippen LogP contribution in [0.25, 0.3) is 21.7 Å². The molecule has 7 nitrogen and oxygen atoms in total. The van der Waals surface area contributed by atoms with Gasteiger partial charge in [-0.25, -0.2) is 4.98 Å². The number of anilines is 1. The van der Waals surface area contributed by atoms with Gasteiger partial charge in [-0.1, -0.05) is 78.3 Å². The molecule has 0 saturated heterocycles. The number of hydrogen-bond acceptors (Lipinski definition) is 5. The lowest BCUT2D eigenvalue weighted by Crippen LogP contribution is -2.24. The third kappa shape index (κ3) is 5.67. The number of benzene rings is 4. The van der Waals surface area contributed by atoms with E-state index in [0.717, 1.165) is 32.9 Å². The average molecular weight is 598 g/mol. The van der Waals surface area contributed by atoms with Gasteiger partial charge in [0.25, 0.3) is 11.5 Å². The van der Waals surface area contributed by atoms with Crippen molar-refractivity contribution in [1.29, 1.82) is 0 Å². The molecule has 202 valence electrons. The molecule has 0 radical (unpaired) electrons. The van der Waals surface area contributed by atoms with Crippen LogP contribution < -0.4 is 15.6 Å². The molecule has 0 aliphatic heterocycles. The van der Waals surface area contributed by atoms with Gasteiger partial charge >= 0.3 is 0 Å². The number of carbonyl (C=O) groups is 1. The molecule has 1 heterocycles. The van der Waals surface area contributed by atoms with E-state index >= 15 is 0 Å². The molecule has 0 aliphatic carbocycles. The van der Waals surface area contributed by atoms with Crippen molar-refractivity contribution in [3.8, 4) is 5.75 Å². The summed E-state index contributed by atoms with van der Waals surface area (Å²) < 4.78 is 8.18. The fourth-order valence-corrected chi connectivity index (χ4v) is 4.83. The second-order valence-electron chi connectivity index (χ2n) is 9.65. The summed E-state index contributed by atoms with van der Waals surface area (Å²) in [7, 11) is 0. The summed E-state index contributed by atoms with van der Waals surface area (Å²) >= 11 is 3.45. The van der Waals surface area contributed by atoms with Crippen LogP contribution in [0, 0.1) is 6.92 Å². The number of aromatic nitrogens is 2. The van der Waals surface area contributed by atoms with Crippen molar-refractivity contribution in [2.45, 2.75) is 33.1 Å². The van der Waals surface area contributed by atoms with E-state index in [0.29, 0.717) is 28.0 Å². The fraction of sp³-hybridized carbons (Fsp3) is 0.188. The number of nitrogens with one attached hydrogen (secondary N) is 1. The Morgan fingerprint density at radius 1 is 1.07 bits per heavy atom. The monoisotopic (exact) mass is 596 g/mol. The van der Waals surface area contributed by atoms with Gasteiger partial charge < -0.3 is 10.1 Å². The van der Waals surface area contributed by atoms with Crippen LogP contribution >= 0.6 is 15.9 Å². The molecule has 0 saturated carbocycles. The van der Waals surface area contributed by atoms with Crippen LogP contribution in [0.15, 0.2) is 93.2 Å². The third-order valence-electron chi connectivity index (χ3n) is 6.90. The van der Waals surface area contributed by atoms with E-state index in [9.17, 15) is 9.59 Å². The summed E-state index contributed by atoms with van der Waals surface area (Å²) in [6, 6.07) is 24.6. The topological polar surface area (TPSA) is 85.6 Å². The molecular formula is C32H29BrN4O3. The Kier molecular flexibility index (Phi) is 8.07. The number of carbonyl (C=O) groups excluding carboxylic acids is 1. The molecule has 1 N–H and O–H groups in total. The number of para-hydroxylation sites is 1. The fourth-order valence-electron chi connectivity index (χ4n) is 4.47. The van der Waals surface area contributed by atoms with Gasteiger partial charge in [0.15, 0.2) is 6.61 Å². The maximum Gasteiger partial charge on any atom is 0.282 e. The summed E-state index contributed by atoms with van der Waals surface area (Å²) in [4.78, 5) is 31.1. The Hall–Kier alpha value is -4.30. The Morgan fingerprint density at radius 2 is 1.85 bits per heavy atom. The second kappa shape index (κ2) is 11.8. The summed E-state index contributed by atoms with van der Waals surface area (Å²) in [6.45, 7) is 5.83. The van der Waals surface area contributed by atoms with Crippen LogP contribution in [-0.2, 0) is 4.79 Å². The zero-order valence-corrected chi connectivity index (χ0v) is 24.1. The summed E-state index contributed by atoms with van der Waals surface area (Å²) in [5, 5.41) is 9.90. The van der Waals surface area contributed by atoms with Crippen LogP contribution in [0.1, 0.15) is 43.1 Å². The van der Waals surface area contributed by atoms with Crippen molar-refractivity contribution in [1.82, 2.24) is 9.66 Å². The highest BCUT2D eigenvalue weighted by Gasteiger charge is 2.17. The smallest absolute Gasteiger partial charge is 0.282 e. The molecule has 8 heteroatoms. The number of aryl methyl sites for hydroxylation is 1. The maximum absolute atomic E-state index is 13.6. The van der Waals surface area contributed by atoms with E-state index in [1.54, 1.807) is 12.3 Å². The number of ether oxygens (including phenoxy) is 1. The second-order valence-corrected chi connectivity index (χ2v) is 10.6. The van der Waals surface area contributed by atoms with Gasteiger partial charge in [0, 0.05) is 21.6 Å². The number of fused-ring (bicyclic) bond motifs is 2. The molecule has 0 bridgehead atoms. The zero-order valence-electron chi connectivity index (χ0n) is 22.5. The molecular weight excluding hydrogens is 568 g/mol. The first kappa shape index (κ1) is 27.3. The lowest BCUT2D eigenvalue weighted by atomic mass is 10.0. The lowest BCUT2D eigenvalue weighted by molar-refractivity contribution is -0.118. The molecule has 0 aliphatic rings. The van der Waals surface area contributed by atoms with Crippen LogP contribution in [0.4, 0.5) is 5.69 Å². The molecule has 1 amide bonds. The standard InChI is InChI=1S/C32H29BrN4O3/c1-4-20(2)31-36-28-15-14-23(33)17-25(28)32(39)37(31)34-18-26-24-11-7-6-10-22(24)13-16-29(26)40-19-30(38)35-27-12-8-5-9-21(27)3/h5-18,20H,4,19H2,1-3H3,(H,35,38)/t20-/m0/s1. The van der Waals surface area contributed by atoms with Crippen molar-refractivity contribution < 1.29 is 9.53 Å². The number of amides is 1. The minimum Gasteiger partial charge on any atom is -0.483 e. The highest BCUT2D eigenvalue weighted by molar-refractivity contribution is 9.10. The van der Waals surface area contributed by atoms with Crippen molar-refractivity contribution in [2.24, 2.45) is 5.10 Å². The normalized spacial score (nSPS) is 12.2. The number of nitrogens with zero attached hydrogens (tertiary/aromatic N) is 3. The van der Waals surface area contributed by atoms with Crippen LogP contribution in [0.5, 0.6) is 5.75 Å². The summed E-state index contributed by atoms with van der Waals surface area (Å²) in [5.41, 5.74) is 2.75.